The Labute approximate surface area is 154 Å². The van der Waals surface area contributed by atoms with Gasteiger partial charge in [0.25, 0.3) is 0 Å². The topological polar surface area (TPSA) is 23.6 Å². The zero-order chi connectivity index (χ0) is 18.3. The van der Waals surface area contributed by atoms with Crippen LogP contribution in [0.1, 0.15) is 71.4 Å². The highest BCUT2D eigenvalue weighted by Crippen LogP contribution is 2.39. The van der Waals surface area contributed by atoms with Crippen LogP contribution in [0.5, 0.6) is 0 Å². The number of amides is 1. The maximum Gasteiger partial charge on any atom is 0.229 e. The quantitative estimate of drug-likeness (QED) is 0.603. The molecule has 1 fully saturated rings. The average Bonchev–Trinajstić information content (AvgIpc) is 2.93. The standard InChI is InChI=1S/C22H36N2O/c1-5-7-16-23(15-6-2)17-13-22(4)14-18-24(21(22)25)19(3)20-11-9-8-10-12-20/h8-12,19H,5-7,13-18H2,1-4H3/t19-,22?/m1/s1. The minimum Gasteiger partial charge on any atom is -0.335 e. The van der Waals surface area contributed by atoms with Crippen molar-refractivity contribution in [3.8, 4) is 0 Å². The molecular formula is C22H36N2O. The molecule has 0 bridgehead atoms. The van der Waals surface area contributed by atoms with Gasteiger partial charge in [0.1, 0.15) is 0 Å². The van der Waals surface area contributed by atoms with E-state index in [9.17, 15) is 4.79 Å². The Bertz CT molecular complexity index is 530. The third kappa shape index (κ3) is 5.07. The first-order valence-corrected chi connectivity index (χ1v) is 10.1. The number of nitrogens with zero attached hydrogens (tertiary/aromatic N) is 2. The zero-order valence-electron chi connectivity index (χ0n) is 16.6. The molecule has 0 N–H and O–H groups in total. The third-order valence-corrected chi connectivity index (χ3v) is 5.78. The highest BCUT2D eigenvalue weighted by Gasteiger charge is 2.44. The lowest BCUT2D eigenvalue weighted by Crippen LogP contribution is -2.37. The lowest BCUT2D eigenvalue weighted by Gasteiger charge is -2.30. The average molecular weight is 345 g/mol. The smallest absolute Gasteiger partial charge is 0.229 e. The molecule has 1 heterocycles. The molecule has 0 aliphatic carbocycles. The SMILES string of the molecule is CCCCN(CCC)CCC1(C)CCN([C@H](C)c2ccccc2)C1=O. The summed E-state index contributed by atoms with van der Waals surface area (Å²) in [6, 6.07) is 10.6. The molecule has 0 radical (unpaired) electrons. The van der Waals surface area contributed by atoms with Gasteiger partial charge in [0, 0.05) is 12.0 Å². The number of likely N-dealkylation sites (tertiary alicyclic amines) is 1. The van der Waals surface area contributed by atoms with E-state index in [4.69, 9.17) is 0 Å². The van der Waals surface area contributed by atoms with E-state index in [2.05, 4.69) is 61.8 Å². The van der Waals surface area contributed by atoms with Crippen LogP contribution >= 0.6 is 0 Å². The van der Waals surface area contributed by atoms with Gasteiger partial charge >= 0.3 is 0 Å². The van der Waals surface area contributed by atoms with E-state index in [0.717, 1.165) is 32.5 Å². The van der Waals surface area contributed by atoms with Crippen LogP contribution in [-0.4, -0.2) is 41.9 Å². The molecule has 0 aromatic heterocycles. The molecule has 0 spiro atoms. The van der Waals surface area contributed by atoms with Crippen molar-refractivity contribution in [1.82, 2.24) is 9.80 Å². The van der Waals surface area contributed by atoms with E-state index in [1.807, 2.05) is 6.07 Å². The van der Waals surface area contributed by atoms with Gasteiger partial charge in [-0.25, -0.2) is 0 Å². The van der Waals surface area contributed by atoms with Crippen LogP contribution in [0.2, 0.25) is 0 Å². The lowest BCUT2D eigenvalue weighted by atomic mass is 9.85. The van der Waals surface area contributed by atoms with Gasteiger partial charge in [0.2, 0.25) is 5.91 Å². The van der Waals surface area contributed by atoms with Gasteiger partial charge in [0.05, 0.1) is 6.04 Å². The Morgan fingerprint density at radius 3 is 2.48 bits per heavy atom. The fraction of sp³-hybridized carbons (Fsp3) is 0.682. The molecule has 1 aromatic carbocycles. The van der Waals surface area contributed by atoms with Crippen molar-refractivity contribution >= 4 is 5.91 Å². The fourth-order valence-electron chi connectivity index (χ4n) is 3.87. The molecule has 1 amide bonds. The van der Waals surface area contributed by atoms with E-state index in [1.165, 1.54) is 31.4 Å². The molecule has 140 valence electrons. The molecule has 1 aliphatic heterocycles. The normalized spacial score (nSPS) is 22.0. The predicted octanol–water partition coefficient (Wildman–Crippen LogP) is 4.89. The van der Waals surface area contributed by atoms with Crippen molar-refractivity contribution in [1.29, 1.82) is 0 Å². The highest BCUT2D eigenvalue weighted by atomic mass is 16.2. The largest absolute Gasteiger partial charge is 0.335 e. The number of carbonyl (C=O) groups excluding carboxylic acids is 1. The molecule has 1 aliphatic rings. The van der Waals surface area contributed by atoms with Gasteiger partial charge in [-0.15, -0.1) is 0 Å². The van der Waals surface area contributed by atoms with E-state index in [-0.39, 0.29) is 11.5 Å². The summed E-state index contributed by atoms with van der Waals surface area (Å²) in [6.07, 6.45) is 5.64. The minimum absolute atomic E-state index is 0.169. The van der Waals surface area contributed by atoms with Crippen LogP contribution in [0.3, 0.4) is 0 Å². The molecule has 25 heavy (non-hydrogen) atoms. The van der Waals surface area contributed by atoms with Crippen LogP contribution in [0, 0.1) is 5.41 Å². The third-order valence-electron chi connectivity index (χ3n) is 5.78. The Kier molecular flexibility index (Phi) is 7.49. The second-order valence-electron chi connectivity index (χ2n) is 7.84. The van der Waals surface area contributed by atoms with Gasteiger partial charge in [-0.2, -0.15) is 0 Å². The number of benzene rings is 1. The van der Waals surface area contributed by atoms with Gasteiger partial charge in [-0.3, -0.25) is 4.79 Å². The summed E-state index contributed by atoms with van der Waals surface area (Å²) in [5.41, 5.74) is 1.04. The second kappa shape index (κ2) is 9.38. The molecule has 1 saturated heterocycles. The van der Waals surface area contributed by atoms with Crippen molar-refractivity contribution in [3.63, 3.8) is 0 Å². The van der Waals surface area contributed by atoms with E-state index >= 15 is 0 Å². The maximum absolute atomic E-state index is 13.1. The highest BCUT2D eigenvalue weighted by molar-refractivity contribution is 5.84. The van der Waals surface area contributed by atoms with Crippen LogP contribution in [0.25, 0.3) is 0 Å². The summed E-state index contributed by atoms with van der Waals surface area (Å²) in [4.78, 5) is 17.8. The molecule has 3 heteroatoms. The number of unbranched alkanes of at least 4 members (excludes halogenated alkanes) is 1. The van der Waals surface area contributed by atoms with Crippen LogP contribution in [-0.2, 0) is 4.79 Å². The van der Waals surface area contributed by atoms with Gasteiger partial charge in [0.15, 0.2) is 0 Å². The first kappa shape index (κ1) is 20.0. The summed E-state index contributed by atoms with van der Waals surface area (Å²) < 4.78 is 0. The molecule has 2 atom stereocenters. The van der Waals surface area contributed by atoms with Gasteiger partial charge in [-0.05, 0) is 57.8 Å². The Hall–Kier alpha value is -1.35. The molecule has 3 nitrogen and oxygen atoms in total. The number of carbonyl (C=O) groups is 1. The Balaban J connectivity index is 1.96. The van der Waals surface area contributed by atoms with Crippen LogP contribution < -0.4 is 0 Å². The van der Waals surface area contributed by atoms with E-state index in [1.54, 1.807) is 0 Å². The summed E-state index contributed by atoms with van der Waals surface area (Å²) >= 11 is 0. The van der Waals surface area contributed by atoms with Crippen molar-refractivity contribution < 1.29 is 4.79 Å². The van der Waals surface area contributed by atoms with E-state index in [0.29, 0.717) is 5.91 Å². The lowest BCUT2D eigenvalue weighted by molar-refractivity contribution is -0.137. The maximum atomic E-state index is 13.1. The Morgan fingerprint density at radius 2 is 1.84 bits per heavy atom. The molecule has 1 aromatic rings. The molecule has 0 saturated carbocycles. The first-order chi connectivity index (χ1) is 12.0. The summed E-state index contributed by atoms with van der Waals surface area (Å²) in [7, 11) is 0. The van der Waals surface area contributed by atoms with Gasteiger partial charge in [-0.1, -0.05) is 57.5 Å². The minimum atomic E-state index is -0.193. The number of hydrogen-bond donors (Lipinski definition) is 0. The second-order valence-corrected chi connectivity index (χ2v) is 7.84. The predicted molar refractivity (Wildman–Crippen MR) is 106 cm³/mol. The number of hydrogen-bond acceptors (Lipinski definition) is 2. The van der Waals surface area contributed by atoms with Crippen LogP contribution in [0.15, 0.2) is 30.3 Å². The Morgan fingerprint density at radius 1 is 1.12 bits per heavy atom. The number of rotatable bonds is 10. The zero-order valence-corrected chi connectivity index (χ0v) is 16.6. The van der Waals surface area contributed by atoms with Crippen LogP contribution in [0.4, 0.5) is 0 Å². The summed E-state index contributed by atoms with van der Waals surface area (Å²) in [5, 5.41) is 0. The monoisotopic (exact) mass is 344 g/mol. The van der Waals surface area contributed by atoms with Crippen molar-refractivity contribution in [2.75, 3.05) is 26.2 Å². The first-order valence-electron chi connectivity index (χ1n) is 10.1. The molecule has 1 unspecified atom stereocenters. The van der Waals surface area contributed by atoms with Gasteiger partial charge < -0.3 is 9.80 Å². The van der Waals surface area contributed by atoms with E-state index < -0.39 is 0 Å². The van der Waals surface area contributed by atoms with Crippen molar-refractivity contribution in [2.24, 2.45) is 5.41 Å². The molecule has 2 rings (SSSR count). The summed E-state index contributed by atoms with van der Waals surface area (Å²) in [5.74, 6) is 0.343. The summed E-state index contributed by atoms with van der Waals surface area (Å²) in [6.45, 7) is 13.1. The van der Waals surface area contributed by atoms with Crippen molar-refractivity contribution in [3.05, 3.63) is 35.9 Å². The fourth-order valence-corrected chi connectivity index (χ4v) is 3.87. The molecular weight excluding hydrogens is 308 g/mol. The van der Waals surface area contributed by atoms with Crippen molar-refractivity contribution in [2.45, 2.75) is 65.8 Å².